The highest BCUT2D eigenvalue weighted by Crippen LogP contribution is 2.42. The van der Waals surface area contributed by atoms with Crippen LogP contribution in [0.25, 0.3) is 10.9 Å². The Labute approximate surface area is 215 Å². The molecule has 0 radical (unpaired) electrons. The zero-order valence-electron chi connectivity index (χ0n) is 22.2. The van der Waals surface area contributed by atoms with Gasteiger partial charge in [-0.3, -0.25) is 9.78 Å². The molecule has 2 N–H and O–H groups in total. The van der Waals surface area contributed by atoms with Crippen molar-refractivity contribution in [1.29, 1.82) is 0 Å². The third-order valence-corrected chi connectivity index (χ3v) is 8.65. The molecule has 36 heavy (non-hydrogen) atoms. The van der Waals surface area contributed by atoms with Crippen LogP contribution in [0.5, 0.6) is 5.75 Å². The molecule has 0 spiro atoms. The third kappa shape index (κ3) is 5.94. The Morgan fingerprint density at radius 3 is 2.58 bits per heavy atom. The molecule has 0 unspecified atom stereocenters. The number of aliphatic hydroxyl groups is 1. The number of pyridine rings is 1. The highest BCUT2D eigenvalue weighted by Gasteiger charge is 2.41. The van der Waals surface area contributed by atoms with Crippen molar-refractivity contribution in [3.63, 3.8) is 0 Å². The first-order chi connectivity index (χ1) is 17.3. The molecule has 1 saturated heterocycles. The van der Waals surface area contributed by atoms with E-state index in [-0.39, 0.29) is 0 Å². The SMILES string of the molecule is COc1ccc2ncc(N(C)C)c([C@H](O)CCC3(C(=O)O)CCN(CCC4CCCCC4)CC3)c2c1. The molecule has 2 heterocycles. The van der Waals surface area contributed by atoms with E-state index in [1.165, 1.54) is 38.5 Å². The van der Waals surface area contributed by atoms with E-state index in [0.717, 1.165) is 47.7 Å². The molecule has 1 atom stereocenters. The summed E-state index contributed by atoms with van der Waals surface area (Å²) in [5.41, 5.74) is 1.63. The number of methoxy groups -OCH3 is 1. The van der Waals surface area contributed by atoms with Gasteiger partial charge in [-0.25, -0.2) is 0 Å². The lowest BCUT2D eigenvalue weighted by Crippen LogP contribution is -2.45. The van der Waals surface area contributed by atoms with Gasteiger partial charge in [-0.05, 0) is 75.9 Å². The van der Waals surface area contributed by atoms with Crippen molar-refractivity contribution in [2.75, 3.05) is 45.7 Å². The van der Waals surface area contributed by atoms with Gasteiger partial charge in [-0.2, -0.15) is 0 Å². The zero-order valence-corrected chi connectivity index (χ0v) is 22.2. The quantitative estimate of drug-likeness (QED) is 0.463. The van der Waals surface area contributed by atoms with Crippen molar-refractivity contribution in [3.8, 4) is 5.75 Å². The maximum Gasteiger partial charge on any atom is 0.309 e. The topological polar surface area (TPSA) is 86.1 Å². The Hall–Kier alpha value is -2.38. The number of anilines is 1. The number of hydrogen-bond acceptors (Lipinski definition) is 6. The van der Waals surface area contributed by atoms with Gasteiger partial charge in [0.05, 0.1) is 36.0 Å². The minimum absolute atomic E-state index is 0.394. The van der Waals surface area contributed by atoms with Gasteiger partial charge in [0, 0.05) is 25.0 Å². The molecule has 7 heteroatoms. The summed E-state index contributed by atoms with van der Waals surface area (Å²) in [5, 5.41) is 22.5. The number of ether oxygens (including phenoxy) is 1. The number of benzene rings is 1. The molecule has 2 aliphatic rings. The van der Waals surface area contributed by atoms with Crippen LogP contribution in [0.3, 0.4) is 0 Å². The van der Waals surface area contributed by atoms with Crippen LogP contribution in [-0.2, 0) is 4.79 Å². The Morgan fingerprint density at radius 2 is 1.94 bits per heavy atom. The zero-order chi connectivity index (χ0) is 25.7. The number of carbonyl (C=O) groups is 1. The minimum Gasteiger partial charge on any atom is -0.497 e. The number of aliphatic carboxylic acids is 1. The Bertz CT molecular complexity index is 1030. The van der Waals surface area contributed by atoms with Crippen LogP contribution in [0, 0.1) is 11.3 Å². The standard InChI is InChI=1S/C29H43N3O4/c1-31(2)25-20-30-24-10-9-22(36-3)19-23(24)27(25)26(33)11-13-29(28(34)35)14-17-32(18-15-29)16-12-21-7-5-4-6-8-21/h9-10,19-21,26,33H,4-8,11-18H2,1-3H3,(H,34,35)/t26-/m1/s1. The number of rotatable bonds is 10. The first kappa shape index (κ1) is 26.7. The molecular weight excluding hydrogens is 454 g/mol. The smallest absolute Gasteiger partial charge is 0.309 e. The number of carboxylic acid groups (broad SMARTS) is 1. The number of nitrogens with zero attached hydrogens (tertiary/aromatic N) is 3. The molecule has 1 aromatic carbocycles. The maximum atomic E-state index is 12.5. The van der Waals surface area contributed by atoms with E-state index >= 15 is 0 Å². The molecule has 0 amide bonds. The number of aliphatic hydroxyl groups excluding tert-OH is 1. The molecule has 0 bridgehead atoms. The molecule has 2 fully saturated rings. The summed E-state index contributed by atoms with van der Waals surface area (Å²) in [6.07, 6.45) is 11.2. The third-order valence-electron chi connectivity index (χ3n) is 8.65. The fourth-order valence-electron chi connectivity index (χ4n) is 6.19. The summed E-state index contributed by atoms with van der Waals surface area (Å²) in [7, 11) is 5.49. The van der Waals surface area contributed by atoms with Crippen LogP contribution in [0.4, 0.5) is 5.69 Å². The average molecular weight is 498 g/mol. The van der Waals surface area contributed by atoms with Crippen LogP contribution in [0.2, 0.25) is 0 Å². The first-order valence-electron chi connectivity index (χ1n) is 13.6. The van der Waals surface area contributed by atoms with Crippen LogP contribution in [-0.4, -0.2) is 66.9 Å². The second-order valence-corrected chi connectivity index (χ2v) is 11.1. The number of fused-ring (bicyclic) bond motifs is 1. The van der Waals surface area contributed by atoms with Crippen LogP contribution in [0.15, 0.2) is 24.4 Å². The summed E-state index contributed by atoms with van der Waals surface area (Å²) < 4.78 is 5.42. The van der Waals surface area contributed by atoms with Crippen molar-refractivity contribution >= 4 is 22.6 Å². The Kier molecular flexibility index (Phi) is 8.73. The number of carboxylic acids is 1. The van der Waals surface area contributed by atoms with Gasteiger partial charge in [-0.1, -0.05) is 32.1 Å². The van der Waals surface area contributed by atoms with Gasteiger partial charge >= 0.3 is 5.97 Å². The summed E-state index contributed by atoms with van der Waals surface area (Å²) in [4.78, 5) is 21.4. The van der Waals surface area contributed by atoms with Crippen molar-refractivity contribution in [1.82, 2.24) is 9.88 Å². The monoisotopic (exact) mass is 497 g/mol. The molecule has 1 aliphatic heterocycles. The number of piperidine rings is 1. The maximum absolute atomic E-state index is 12.5. The second kappa shape index (κ2) is 11.8. The minimum atomic E-state index is -0.791. The number of likely N-dealkylation sites (tertiary alicyclic amines) is 1. The van der Waals surface area contributed by atoms with Gasteiger partial charge in [0.15, 0.2) is 0 Å². The summed E-state index contributed by atoms with van der Waals surface area (Å²) in [5.74, 6) is 0.826. The number of aromatic nitrogens is 1. The molecule has 4 rings (SSSR count). The van der Waals surface area contributed by atoms with Crippen LogP contribution in [0.1, 0.15) is 75.9 Å². The summed E-state index contributed by atoms with van der Waals surface area (Å²) in [6, 6.07) is 5.67. The van der Waals surface area contributed by atoms with Gasteiger partial charge in [0.25, 0.3) is 0 Å². The molecule has 1 aliphatic carbocycles. The van der Waals surface area contributed by atoms with E-state index in [9.17, 15) is 15.0 Å². The highest BCUT2D eigenvalue weighted by atomic mass is 16.5. The predicted molar refractivity (Wildman–Crippen MR) is 144 cm³/mol. The molecule has 1 saturated carbocycles. The average Bonchev–Trinajstić information content (AvgIpc) is 2.90. The van der Waals surface area contributed by atoms with E-state index < -0.39 is 17.5 Å². The highest BCUT2D eigenvalue weighted by molar-refractivity contribution is 5.88. The molecule has 1 aromatic heterocycles. The van der Waals surface area contributed by atoms with E-state index in [2.05, 4.69) is 9.88 Å². The lowest BCUT2D eigenvalue weighted by atomic mass is 9.73. The van der Waals surface area contributed by atoms with E-state index in [1.54, 1.807) is 13.3 Å². The van der Waals surface area contributed by atoms with Gasteiger partial charge in [0.1, 0.15) is 5.75 Å². The van der Waals surface area contributed by atoms with Crippen LogP contribution < -0.4 is 9.64 Å². The fraction of sp³-hybridized carbons (Fsp3) is 0.655. The lowest BCUT2D eigenvalue weighted by Gasteiger charge is -2.40. The van der Waals surface area contributed by atoms with Gasteiger partial charge < -0.3 is 24.7 Å². The summed E-state index contributed by atoms with van der Waals surface area (Å²) in [6.45, 7) is 2.74. The molecule has 7 nitrogen and oxygen atoms in total. The van der Waals surface area contributed by atoms with Crippen molar-refractivity contribution in [2.45, 2.75) is 70.3 Å². The lowest BCUT2D eigenvalue weighted by molar-refractivity contribution is -0.153. The Morgan fingerprint density at radius 1 is 1.22 bits per heavy atom. The van der Waals surface area contributed by atoms with E-state index in [4.69, 9.17) is 4.74 Å². The molecule has 198 valence electrons. The second-order valence-electron chi connectivity index (χ2n) is 11.1. The molecule has 2 aromatic rings. The predicted octanol–water partition coefficient (Wildman–Crippen LogP) is 5.26. The van der Waals surface area contributed by atoms with Crippen molar-refractivity contribution in [2.24, 2.45) is 11.3 Å². The largest absolute Gasteiger partial charge is 0.497 e. The van der Waals surface area contributed by atoms with Crippen molar-refractivity contribution < 1.29 is 19.7 Å². The summed E-state index contributed by atoms with van der Waals surface area (Å²) >= 11 is 0. The fourth-order valence-corrected chi connectivity index (χ4v) is 6.19. The number of hydrogen-bond donors (Lipinski definition) is 2. The normalized spacial score (nSPS) is 19.8. The first-order valence-corrected chi connectivity index (χ1v) is 13.6. The van der Waals surface area contributed by atoms with E-state index in [0.29, 0.717) is 31.4 Å². The van der Waals surface area contributed by atoms with Gasteiger partial charge in [0.2, 0.25) is 0 Å². The van der Waals surface area contributed by atoms with Crippen molar-refractivity contribution in [3.05, 3.63) is 30.0 Å². The van der Waals surface area contributed by atoms with Crippen LogP contribution >= 0.6 is 0 Å². The van der Waals surface area contributed by atoms with Gasteiger partial charge in [-0.15, -0.1) is 0 Å². The molecular formula is C29H43N3O4. The Balaban J connectivity index is 1.44. The van der Waals surface area contributed by atoms with E-state index in [1.807, 2.05) is 37.2 Å².